The minimum atomic E-state index is -1.02. The van der Waals surface area contributed by atoms with Crippen molar-refractivity contribution in [1.82, 2.24) is 20.2 Å². The van der Waals surface area contributed by atoms with Crippen LogP contribution in [0.15, 0.2) is 24.4 Å². The molecule has 0 bridgehead atoms. The molecule has 2 aliphatic rings. The molecule has 1 unspecified atom stereocenters. The molecule has 164 valence electrons. The van der Waals surface area contributed by atoms with Crippen molar-refractivity contribution in [2.75, 3.05) is 37.7 Å². The van der Waals surface area contributed by atoms with Crippen LogP contribution in [0.4, 0.5) is 15.4 Å². The summed E-state index contributed by atoms with van der Waals surface area (Å²) >= 11 is 6.29. The molecule has 2 fully saturated rings. The molecule has 1 aromatic carbocycles. The highest BCUT2D eigenvalue weighted by atomic mass is 35.5. The van der Waals surface area contributed by atoms with Crippen LogP contribution in [0, 0.1) is 12.8 Å². The molecule has 2 aromatic rings. The van der Waals surface area contributed by atoms with Crippen molar-refractivity contribution in [1.29, 1.82) is 0 Å². The predicted octanol–water partition coefficient (Wildman–Crippen LogP) is 3.15. The number of rotatable bonds is 6. The van der Waals surface area contributed by atoms with Crippen molar-refractivity contribution in [3.8, 4) is 11.4 Å². The van der Waals surface area contributed by atoms with Crippen molar-refractivity contribution in [3.63, 3.8) is 0 Å². The first-order valence-electron chi connectivity index (χ1n) is 10.2. The average molecular weight is 446 g/mol. The first-order valence-corrected chi connectivity index (χ1v) is 10.5. The summed E-state index contributed by atoms with van der Waals surface area (Å²) in [6.45, 7) is 5.01. The molecular formula is C21H24ClN5O4. The van der Waals surface area contributed by atoms with E-state index in [4.69, 9.17) is 26.4 Å². The summed E-state index contributed by atoms with van der Waals surface area (Å²) in [5, 5.41) is 12.0. The second-order valence-corrected chi connectivity index (χ2v) is 8.24. The summed E-state index contributed by atoms with van der Waals surface area (Å²) in [4.78, 5) is 35.9. The van der Waals surface area contributed by atoms with Crippen LogP contribution in [0.5, 0.6) is 0 Å². The third kappa shape index (κ3) is 4.82. The fourth-order valence-corrected chi connectivity index (χ4v) is 4.03. The number of halogens is 1. The van der Waals surface area contributed by atoms with Crippen LogP contribution in [0.3, 0.4) is 0 Å². The molecule has 10 heteroatoms. The highest BCUT2D eigenvalue weighted by Gasteiger charge is 2.29. The first-order chi connectivity index (χ1) is 14.9. The average Bonchev–Trinajstić information content (AvgIpc) is 3.38. The van der Waals surface area contributed by atoms with E-state index >= 15 is 0 Å². The number of carbonyl (C=O) groups excluding carboxylic acids is 1. The summed E-state index contributed by atoms with van der Waals surface area (Å²) < 4.78 is 5.05. The molecule has 0 saturated carbocycles. The maximum Gasteiger partial charge on any atom is 0.410 e. The number of amides is 2. The molecule has 2 saturated heterocycles. The summed E-state index contributed by atoms with van der Waals surface area (Å²) in [5.74, 6) is 1.49. The highest BCUT2D eigenvalue weighted by molar-refractivity contribution is 6.31. The van der Waals surface area contributed by atoms with E-state index in [9.17, 15) is 9.59 Å². The number of benzene rings is 1. The number of anilines is 1. The Kier molecular flexibility index (Phi) is 6.13. The Hall–Kier alpha value is -3.07. The van der Waals surface area contributed by atoms with Gasteiger partial charge in [-0.15, -0.1) is 0 Å². The second-order valence-electron chi connectivity index (χ2n) is 7.83. The van der Waals surface area contributed by atoms with Gasteiger partial charge in [0.2, 0.25) is 0 Å². The number of hydrogen-bond acceptors (Lipinski definition) is 6. The van der Waals surface area contributed by atoms with Crippen LogP contribution in [0.2, 0.25) is 5.02 Å². The smallest absolute Gasteiger partial charge is 0.410 e. The Bertz CT molecular complexity index is 1000. The van der Waals surface area contributed by atoms with Crippen molar-refractivity contribution < 1.29 is 19.4 Å². The molecule has 0 radical (unpaired) electrons. The van der Waals surface area contributed by atoms with Gasteiger partial charge in [0.1, 0.15) is 12.4 Å². The van der Waals surface area contributed by atoms with Crippen LogP contribution in [0.25, 0.3) is 11.4 Å². The molecule has 3 heterocycles. The van der Waals surface area contributed by atoms with Gasteiger partial charge in [0.05, 0.1) is 13.1 Å². The largest absolute Gasteiger partial charge is 0.465 e. The summed E-state index contributed by atoms with van der Waals surface area (Å²) in [7, 11) is 0. The fraction of sp³-hybridized carbons (Fsp3) is 0.429. The third-order valence-corrected chi connectivity index (χ3v) is 6.01. The molecule has 0 aliphatic carbocycles. The Labute approximate surface area is 185 Å². The van der Waals surface area contributed by atoms with E-state index in [1.807, 2.05) is 25.1 Å². The van der Waals surface area contributed by atoms with Gasteiger partial charge in [-0.25, -0.2) is 19.6 Å². The van der Waals surface area contributed by atoms with E-state index in [0.717, 1.165) is 35.5 Å². The Morgan fingerprint density at radius 2 is 2.23 bits per heavy atom. The number of aromatic nitrogens is 2. The zero-order valence-corrected chi connectivity index (χ0v) is 17.9. The van der Waals surface area contributed by atoms with E-state index < -0.39 is 6.09 Å². The molecule has 2 amide bonds. The van der Waals surface area contributed by atoms with Crippen LogP contribution in [-0.2, 0) is 11.3 Å². The van der Waals surface area contributed by atoms with Gasteiger partial charge in [-0.05, 0) is 30.9 Å². The van der Waals surface area contributed by atoms with Gasteiger partial charge in [-0.3, -0.25) is 0 Å². The van der Waals surface area contributed by atoms with E-state index in [1.54, 1.807) is 11.1 Å². The van der Waals surface area contributed by atoms with E-state index in [2.05, 4.69) is 15.2 Å². The summed E-state index contributed by atoms with van der Waals surface area (Å²) in [6.07, 6.45) is 1.23. The number of carbonyl (C=O) groups is 2. The van der Waals surface area contributed by atoms with Gasteiger partial charge in [0.15, 0.2) is 5.82 Å². The molecule has 9 nitrogen and oxygen atoms in total. The lowest BCUT2D eigenvalue weighted by Gasteiger charge is -2.23. The van der Waals surface area contributed by atoms with Gasteiger partial charge >= 0.3 is 12.2 Å². The zero-order valence-electron chi connectivity index (χ0n) is 17.2. The number of aryl methyl sites for hydroxylation is 1. The maximum absolute atomic E-state index is 11.9. The monoisotopic (exact) mass is 445 g/mol. The molecule has 0 spiro atoms. The molecule has 1 atom stereocenters. The quantitative estimate of drug-likeness (QED) is 0.703. The summed E-state index contributed by atoms with van der Waals surface area (Å²) in [5.41, 5.74) is 2.61. The number of nitrogens with one attached hydrogen (secondary N) is 1. The van der Waals surface area contributed by atoms with Crippen molar-refractivity contribution in [2.45, 2.75) is 19.9 Å². The lowest BCUT2D eigenvalue weighted by molar-refractivity contribution is 0.157. The normalized spacial score (nSPS) is 18.4. The van der Waals surface area contributed by atoms with Crippen molar-refractivity contribution in [3.05, 3.63) is 40.5 Å². The molecule has 2 aliphatic heterocycles. The minimum absolute atomic E-state index is 0.188. The minimum Gasteiger partial charge on any atom is -0.465 e. The van der Waals surface area contributed by atoms with Gasteiger partial charge in [-0.2, -0.15) is 0 Å². The van der Waals surface area contributed by atoms with Gasteiger partial charge in [0, 0.05) is 42.0 Å². The first kappa shape index (κ1) is 21.2. The number of nitrogens with zero attached hydrogens (tertiary/aromatic N) is 4. The molecule has 1 aromatic heterocycles. The van der Waals surface area contributed by atoms with Gasteiger partial charge in [0.25, 0.3) is 0 Å². The number of cyclic esters (lactones) is 1. The Morgan fingerprint density at radius 3 is 2.94 bits per heavy atom. The zero-order chi connectivity index (χ0) is 22.0. The topological polar surface area (TPSA) is 108 Å². The van der Waals surface area contributed by atoms with Crippen molar-refractivity contribution >= 4 is 29.6 Å². The molecular weight excluding hydrogens is 422 g/mol. The number of carboxylic acid groups (broad SMARTS) is 1. The molecule has 4 rings (SSSR count). The fourth-order valence-electron chi connectivity index (χ4n) is 3.85. The van der Waals surface area contributed by atoms with E-state index in [0.29, 0.717) is 43.6 Å². The van der Waals surface area contributed by atoms with Crippen LogP contribution < -0.4 is 10.2 Å². The number of hydrogen-bond donors (Lipinski definition) is 2. The lowest BCUT2D eigenvalue weighted by Crippen LogP contribution is -2.31. The van der Waals surface area contributed by atoms with Crippen molar-refractivity contribution in [2.24, 2.45) is 5.92 Å². The Morgan fingerprint density at radius 1 is 1.39 bits per heavy atom. The standard InChI is InChI=1S/C21H24ClN5O4/c1-13-2-3-15(8-17(13)22)18-23-10-16(12-27-6-7-31-21(27)30)19(25-18)26-5-4-14(11-26)9-24-20(28)29/h2-3,8,10,14,24H,4-7,9,11-12H2,1H3,(H,28,29). The van der Waals surface area contributed by atoms with Crippen LogP contribution >= 0.6 is 11.6 Å². The SMILES string of the molecule is Cc1ccc(-c2ncc(CN3CCOC3=O)c(N3CCC(CNC(=O)O)C3)n2)cc1Cl. The predicted molar refractivity (Wildman–Crippen MR) is 115 cm³/mol. The van der Waals surface area contributed by atoms with E-state index in [1.165, 1.54) is 0 Å². The van der Waals surface area contributed by atoms with Crippen LogP contribution in [-0.4, -0.2) is 64.9 Å². The summed E-state index contributed by atoms with van der Waals surface area (Å²) in [6, 6.07) is 5.71. The maximum atomic E-state index is 11.9. The number of ether oxygens (including phenoxy) is 1. The Balaban J connectivity index is 1.62. The molecule has 31 heavy (non-hydrogen) atoms. The second kappa shape index (κ2) is 8.97. The molecule has 2 N–H and O–H groups in total. The highest BCUT2D eigenvalue weighted by Crippen LogP contribution is 2.30. The third-order valence-electron chi connectivity index (χ3n) is 5.61. The van der Waals surface area contributed by atoms with E-state index in [-0.39, 0.29) is 12.0 Å². The van der Waals surface area contributed by atoms with Crippen LogP contribution in [0.1, 0.15) is 17.5 Å². The van der Waals surface area contributed by atoms with Gasteiger partial charge < -0.3 is 25.0 Å². The lowest BCUT2D eigenvalue weighted by atomic mass is 10.1. The van der Waals surface area contributed by atoms with Gasteiger partial charge in [-0.1, -0.05) is 23.7 Å².